The lowest BCUT2D eigenvalue weighted by Crippen LogP contribution is -2.36. The summed E-state index contributed by atoms with van der Waals surface area (Å²) in [5.41, 5.74) is 0.888. The molecular formula is C11H13N5O. The molecule has 0 radical (unpaired) electrons. The van der Waals surface area contributed by atoms with Gasteiger partial charge in [0.1, 0.15) is 12.1 Å². The van der Waals surface area contributed by atoms with Gasteiger partial charge in [-0.1, -0.05) is 0 Å². The summed E-state index contributed by atoms with van der Waals surface area (Å²) in [7, 11) is 0. The highest BCUT2D eigenvalue weighted by Crippen LogP contribution is 2.19. The molecule has 88 valence electrons. The van der Waals surface area contributed by atoms with Crippen molar-refractivity contribution >= 4 is 17.4 Å². The van der Waals surface area contributed by atoms with Gasteiger partial charge in [-0.05, 0) is 13.3 Å². The Balaban J connectivity index is 2.09. The van der Waals surface area contributed by atoms with Crippen LogP contribution in [0.4, 0.5) is 5.82 Å². The summed E-state index contributed by atoms with van der Waals surface area (Å²) in [6.07, 6.45) is 3.06. The molecule has 0 spiro atoms. The van der Waals surface area contributed by atoms with Crippen LogP contribution in [-0.4, -0.2) is 38.5 Å². The molecule has 0 amide bonds. The van der Waals surface area contributed by atoms with E-state index < -0.39 is 0 Å². The van der Waals surface area contributed by atoms with Gasteiger partial charge in [0.2, 0.25) is 0 Å². The fourth-order valence-electron chi connectivity index (χ4n) is 2.17. The Kier molecular flexibility index (Phi) is 2.28. The maximum absolute atomic E-state index is 11.5. The summed E-state index contributed by atoms with van der Waals surface area (Å²) in [4.78, 5) is 21.9. The number of aromatic nitrogens is 4. The number of aryl methyl sites for hydroxylation is 1. The first-order chi connectivity index (χ1) is 8.24. The van der Waals surface area contributed by atoms with Gasteiger partial charge in [-0.3, -0.25) is 4.79 Å². The van der Waals surface area contributed by atoms with Gasteiger partial charge in [-0.15, -0.1) is 0 Å². The predicted octanol–water partition coefficient (Wildman–Crippen LogP) is 0.602. The van der Waals surface area contributed by atoms with E-state index in [4.69, 9.17) is 0 Å². The molecule has 0 N–H and O–H groups in total. The standard InChI is InChI=1S/C11H13N5O/c1-8-5-10(15-4-2-3-9(17)6-15)16-11(14-8)12-7-13-16/h5,7H,2-4,6H2,1H3. The molecule has 0 aromatic carbocycles. The van der Waals surface area contributed by atoms with E-state index in [-0.39, 0.29) is 5.78 Å². The first kappa shape index (κ1) is 10.2. The minimum Gasteiger partial charge on any atom is -0.349 e. The van der Waals surface area contributed by atoms with Crippen molar-refractivity contribution in [3.05, 3.63) is 18.1 Å². The number of carbonyl (C=O) groups is 1. The van der Waals surface area contributed by atoms with Gasteiger partial charge in [-0.25, -0.2) is 4.98 Å². The van der Waals surface area contributed by atoms with E-state index in [1.54, 1.807) is 4.52 Å². The van der Waals surface area contributed by atoms with Crippen molar-refractivity contribution in [2.24, 2.45) is 0 Å². The molecule has 6 nitrogen and oxygen atoms in total. The maximum atomic E-state index is 11.5. The monoisotopic (exact) mass is 231 g/mol. The lowest BCUT2D eigenvalue weighted by molar-refractivity contribution is -0.118. The quantitative estimate of drug-likeness (QED) is 0.719. The van der Waals surface area contributed by atoms with Crippen LogP contribution in [0.1, 0.15) is 18.5 Å². The normalized spacial score (nSPS) is 16.8. The van der Waals surface area contributed by atoms with Crippen LogP contribution in [0.5, 0.6) is 0 Å². The van der Waals surface area contributed by atoms with Gasteiger partial charge >= 0.3 is 0 Å². The van der Waals surface area contributed by atoms with Gasteiger partial charge in [-0.2, -0.15) is 14.6 Å². The van der Waals surface area contributed by atoms with Crippen molar-refractivity contribution in [2.75, 3.05) is 18.0 Å². The van der Waals surface area contributed by atoms with Gasteiger partial charge in [0, 0.05) is 24.7 Å². The topological polar surface area (TPSA) is 63.4 Å². The van der Waals surface area contributed by atoms with Crippen LogP contribution in [-0.2, 0) is 4.79 Å². The molecular weight excluding hydrogens is 218 g/mol. The van der Waals surface area contributed by atoms with Crippen molar-refractivity contribution < 1.29 is 4.79 Å². The summed E-state index contributed by atoms with van der Waals surface area (Å²) in [5, 5.41) is 4.15. The minimum absolute atomic E-state index is 0.277. The molecule has 2 aromatic rings. The number of Topliss-reactive ketones (excluding diaryl/α,β-unsaturated/α-hetero) is 1. The lowest BCUT2D eigenvalue weighted by atomic mass is 10.1. The number of ketones is 1. The Labute approximate surface area is 98.3 Å². The average molecular weight is 231 g/mol. The number of hydrogen-bond donors (Lipinski definition) is 0. The third-order valence-electron chi connectivity index (χ3n) is 2.94. The second kappa shape index (κ2) is 3.80. The summed E-state index contributed by atoms with van der Waals surface area (Å²) >= 11 is 0. The zero-order chi connectivity index (χ0) is 11.8. The predicted molar refractivity (Wildman–Crippen MR) is 62.0 cm³/mol. The van der Waals surface area contributed by atoms with Gasteiger partial charge in [0.05, 0.1) is 6.54 Å². The minimum atomic E-state index is 0.277. The van der Waals surface area contributed by atoms with E-state index in [9.17, 15) is 4.79 Å². The Hall–Kier alpha value is -1.98. The number of anilines is 1. The molecule has 1 saturated heterocycles. The summed E-state index contributed by atoms with van der Waals surface area (Å²) in [6.45, 7) is 3.26. The Morgan fingerprint density at radius 1 is 1.41 bits per heavy atom. The SMILES string of the molecule is Cc1cc(N2CCCC(=O)C2)n2ncnc2n1. The lowest BCUT2D eigenvalue weighted by Gasteiger charge is -2.27. The fraction of sp³-hybridized carbons (Fsp3) is 0.455. The Morgan fingerprint density at radius 2 is 2.29 bits per heavy atom. The molecule has 3 heterocycles. The average Bonchev–Trinajstić information content (AvgIpc) is 2.75. The van der Waals surface area contributed by atoms with Crippen LogP contribution in [0.15, 0.2) is 12.4 Å². The third-order valence-corrected chi connectivity index (χ3v) is 2.94. The smallest absolute Gasteiger partial charge is 0.254 e. The van der Waals surface area contributed by atoms with Gasteiger partial charge in [0.25, 0.3) is 5.78 Å². The van der Waals surface area contributed by atoms with E-state index >= 15 is 0 Å². The Bertz CT molecular complexity index is 576. The number of nitrogens with zero attached hydrogens (tertiary/aromatic N) is 5. The van der Waals surface area contributed by atoms with Crippen LogP contribution in [0, 0.1) is 6.92 Å². The van der Waals surface area contributed by atoms with E-state index in [1.165, 1.54) is 6.33 Å². The first-order valence-corrected chi connectivity index (χ1v) is 5.68. The first-order valence-electron chi connectivity index (χ1n) is 5.68. The van der Waals surface area contributed by atoms with Crippen molar-refractivity contribution in [3.8, 4) is 0 Å². The molecule has 17 heavy (non-hydrogen) atoms. The van der Waals surface area contributed by atoms with E-state index in [0.29, 0.717) is 18.7 Å². The van der Waals surface area contributed by atoms with Crippen molar-refractivity contribution in [3.63, 3.8) is 0 Å². The van der Waals surface area contributed by atoms with E-state index in [0.717, 1.165) is 24.5 Å². The molecule has 0 unspecified atom stereocenters. The molecule has 1 fully saturated rings. The number of rotatable bonds is 1. The zero-order valence-corrected chi connectivity index (χ0v) is 9.63. The number of hydrogen-bond acceptors (Lipinski definition) is 5. The van der Waals surface area contributed by atoms with Crippen LogP contribution in [0.3, 0.4) is 0 Å². The second-order valence-corrected chi connectivity index (χ2v) is 4.29. The Morgan fingerprint density at radius 3 is 3.12 bits per heavy atom. The molecule has 2 aromatic heterocycles. The van der Waals surface area contributed by atoms with Crippen LogP contribution >= 0.6 is 0 Å². The summed E-state index contributed by atoms with van der Waals surface area (Å²) in [6, 6.07) is 1.94. The molecule has 0 saturated carbocycles. The van der Waals surface area contributed by atoms with Crippen LogP contribution in [0.2, 0.25) is 0 Å². The molecule has 0 atom stereocenters. The van der Waals surface area contributed by atoms with Crippen molar-refractivity contribution in [2.45, 2.75) is 19.8 Å². The molecule has 0 aliphatic carbocycles. The summed E-state index contributed by atoms with van der Waals surface area (Å²) < 4.78 is 1.69. The van der Waals surface area contributed by atoms with Gasteiger partial charge < -0.3 is 4.90 Å². The largest absolute Gasteiger partial charge is 0.349 e. The second-order valence-electron chi connectivity index (χ2n) is 4.29. The fourth-order valence-corrected chi connectivity index (χ4v) is 2.17. The highest BCUT2D eigenvalue weighted by atomic mass is 16.1. The van der Waals surface area contributed by atoms with E-state index in [2.05, 4.69) is 15.1 Å². The molecule has 0 bridgehead atoms. The molecule has 6 heteroatoms. The zero-order valence-electron chi connectivity index (χ0n) is 9.63. The highest BCUT2D eigenvalue weighted by molar-refractivity contribution is 5.84. The highest BCUT2D eigenvalue weighted by Gasteiger charge is 2.20. The van der Waals surface area contributed by atoms with Crippen LogP contribution < -0.4 is 4.90 Å². The summed E-state index contributed by atoms with van der Waals surface area (Å²) in [5.74, 6) is 1.76. The van der Waals surface area contributed by atoms with Crippen LogP contribution in [0.25, 0.3) is 5.78 Å². The maximum Gasteiger partial charge on any atom is 0.254 e. The third kappa shape index (κ3) is 1.75. The molecule has 3 rings (SSSR count). The number of fused-ring (bicyclic) bond motifs is 1. The van der Waals surface area contributed by atoms with Crippen molar-refractivity contribution in [1.82, 2.24) is 19.6 Å². The number of piperidine rings is 1. The van der Waals surface area contributed by atoms with Crippen molar-refractivity contribution in [1.29, 1.82) is 0 Å². The number of carbonyl (C=O) groups excluding carboxylic acids is 1. The van der Waals surface area contributed by atoms with Gasteiger partial charge in [0.15, 0.2) is 5.78 Å². The molecule has 1 aliphatic rings. The molecule has 1 aliphatic heterocycles. The van der Waals surface area contributed by atoms with E-state index in [1.807, 2.05) is 17.9 Å².